The molecule has 1 aromatic rings. The van der Waals surface area contributed by atoms with Gasteiger partial charge in [0, 0.05) is 25.0 Å². The minimum atomic E-state index is -3.13. The Morgan fingerprint density at radius 1 is 1.26 bits per heavy atom. The van der Waals surface area contributed by atoms with Crippen LogP contribution in [0.2, 0.25) is 0 Å². The van der Waals surface area contributed by atoms with Crippen LogP contribution in [0.4, 0.5) is 5.69 Å². The number of carbonyl (C=O) groups is 1. The fourth-order valence-electron chi connectivity index (χ4n) is 2.77. The number of morpholine rings is 1. The second-order valence-corrected chi connectivity index (χ2v) is 8.28. The molecule has 128 valence electrons. The average molecular weight is 340 g/mol. The Balaban J connectivity index is 1.99. The average Bonchev–Trinajstić information content (AvgIpc) is 2.43. The summed E-state index contributed by atoms with van der Waals surface area (Å²) in [4.78, 5) is 14.1. The van der Waals surface area contributed by atoms with Crippen LogP contribution in [0, 0.1) is 0 Å². The predicted molar refractivity (Wildman–Crippen MR) is 90.1 cm³/mol. The molecule has 1 aliphatic rings. The normalized spacial score (nSPS) is 22.0. The number of benzene rings is 1. The van der Waals surface area contributed by atoms with E-state index in [1.165, 1.54) is 6.26 Å². The van der Waals surface area contributed by atoms with Crippen molar-refractivity contribution in [2.45, 2.75) is 31.8 Å². The number of hydrogen-bond acceptors (Lipinski definition) is 5. The second-order valence-electron chi connectivity index (χ2n) is 6.14. The molecule has 23 heavy (non-hydrogen) atoms. The number of nitrogens with zero attached hydrogens (tertiary/aromatic N) is 1. The Hall–Kier alpha value is -1.60. The summed E-state index contributed by atoms with van der Waals surface area (Å²) in [6.45, 7) is 5.20. The maximum atomic E-state index is 12.3. The molecule has 1 amide bonds. The molecular formula is C16H24N2O4S. The number of para-hydroxylation sites is 1. The van der Waals surface area contributed by atoms with E-state index >= 15 is 0 Å². The van der Waals surface area contributed by atoms with Gasteiger partial charge in [-0.15, -0.1) is 0 Å². The van der Waals surface area contributed by atoms with Crippen LogP contribution in [0.15, 0.2) is 24.3 Å². The molecule has 0 radical (unpaired) electrons. The minimum Gasteiger partial charge on any atom is -0.376 e. The van der Waals surface area contributed by atoms with Gasteiger partial charge in [-0.25, -0.2) is 8.42 Å². The number of nitrogens with one attached hydrogen (secondary N) is 1. The van der Waals surface area contributed by atoms with Gasteiger partial charge < -0.3 is 15.0 Å². The van der Waals surface area contributed by atoms with Crippen molar-refractivity contribution in [2.75, 3.05) is 31.2 Å². The summed E-state index contributed by atoms with van der Waals surface area (Å²) in [5.74, 6) is -0.0585. The van der Waals surface area contributed by atoms with Crippen LogP contribution in [0.1, 0.15) is 19.4 Å². The Labute approximate surface area is 137 Å². The topological polar surface area (TPSA) is 75.7 Å². The quantitative estimate of drug-likeness (QED) is 0.874. The zero-order chi connectivity index (χ0) is 17.0. The molecule has 0 saturated carbocycles. The molecule has 0 bridgehead atoms. The highest BCUT2D eigenvalue weighted by Gasteiger charge is 2.25. The molecule has 1 saturated heterocycles. The van der Waals surface area contributed by atoms with Gasteiger partial charge in [0.15, 0.2) is 9.84 Å². The fraction of sp³-hybridized carbons (Fsp3) is 0.562. The van der Waals surface area contributed by atoms with Crippen molar-refractivity contribution in [3.63, 3.8) is 0 Å². The number of rotatable bonds is 5. The number of anilines is 1. The van der Waals surface area contributed by atoms with Gasteiger partial charge in [0.2, 0.25) is 5.91 Å². The van der Waals surface area contributed by atoms with Gasteiger partial charge in [0.25, 0.3) is 0 Å². The lowest BCUT2D eigenvalue weighted by atomic mass is 10.2. The first kappa shape index (κ1) is 17.7. The van der Waals surface area contributed by atoms with E-state index < -0.39 is 9.84 Å². The third-order valence-electron chi connectivity index (χ3n) is 3.64. The second kappa shape index (κ2) is 7.31. The summed E-state index contributed by atoms with van der Waals surface area (Å²) in [5, 5.41) is 3.07. The van der Waals surface area contributed by atoms with Gasteiger partial charge in [0.1, 0.15) is 0 Å². The molecular weight excluding hydrogens is 316 g/mol. The van der Waals surface area contributed by atoms with E-state index in [1.54, 1.807) is 23.1 Å². The molecule has 7 heteroatoms. The van der Waals surface area contributed by atoms with Gasteiger partial charge in [0.05, 0.1) is 24.5 Å². The van der Waals surface area contributed by atoms with E-state index in [-0.39, 0.29) is 30.4 Å². The molecule has 1 N–H and O–H groups in total. The molecule has 0 aromatic heterocycles. The highest BCUT2D eigenvalue weighted by Crippen LogP contribution is 2.18. The first-order chi connectivity index (χ1) is 10.7. The minimum absolute atomic E-state index is 0.0128. The van der Waals surface area contributed by atoms with Crippen molar-refractivity contribution in [3.05, 3.63) is 29.8 Å². The monoisotopic (exact) mass is 340 g/mol. The van der Waals surface area contributed by atoms with Gasteiger partial charge in [-0.2, -0.15) is 0 Å². The predicted octanol–water partition coefficient (Wildman–Crippen LogP) is 1.28. The van der Waals surface area contributed by atoms with Crippen LogP contribution in [0.25, 0.3) is 0 Å². The van der Waals surface area contributed by atoms with Gasteiger partial charge >= 0.3 is 0 Å². The third-order valence-corrected chi connectivity index (χ3v) is 4.47. The maximum Gasteiger partial charge on any atom is 0.242 e. The van der Waals surface area contributed by atoms with Crippen LogP contribution in [0.3, 0.4) is 0 Å². The number of hydrogen-bond donors (Lipinski definition) is 1. The number of amides is 1. The molecule has 0 aliphatic carbocycles. The zero-order valence-electron chi connectivity index (χ0n) is 13.8. The van der Waals surface area contributed by atoms with Crippen LogP contribution >= 0.6 is 0 Å². The van der Waals surface area contributed by atoms with E-state index in [1.807, 2.05) is 19.9 Å². The molecule has 1 aromatic carbocycles. The van der Waals surface area contributed by atoms with E-state index in [9.17, 15) is 13.2 Å². The van der Waals surface area contributed by atoms with Crippen LogP contribution in [-0.2, 0) is 25.1 Å². The molecule has 1 fully saturated rings. The highest BCUT2D eigenvalue weighted by atomic mass is 32.2. The Morgan fingerprint density at radius 3 is 2.48 bits per heavy atom. The zero-order valence-corrected chi connectivity index (χ0v) is 14.6. The molecule has 1 aliphatic heterocycles. The Morgan fingerprint density at radius 2 is 1.87 bits per heavy atom. The third kappa shape index (κ3) is 5.51. The molecule has 2 atom stereocenters. The Bertz CT molecular complexity index is 650. The molecule has 0 spiro atoms. The lowest BCUT2D eigenvalue weighted by Gasteiger charge is -2.35. The van der Waals surface area contributed by atoms with Gasteiger partial charge in [-0.1, -0.05) is 18.2 Å². The number of sulfone groups is 1. The maximum absolute atomic E-state index is 12.3. The van der Waals surface area contributed by atoms with Crippen LogP contribution in [-0.4, -0.2) is 57.3 Å². The lowest BCUT2D eigenvalue weighted by molar-refractivity contribution is -0.141. The summed E-state index contributed by atoms with van der Waals surface area (Å²) in [6, 6.07) is 7.15. The summed E-state index contributed by atoms with van der Waals surface area (Å²) in [5.41, 5.74) is 1.35. The summed E-state index contributed by atoms with van der Waals surface area (Å²) in [7, 11) is -3.13. The molecule has 2 rings (SSSR count). The van der Waals surface area contributed by atoms with E-state index in [2.05, 4.69) is 5.32 Å². The smallest absolute Gasteiger partial charge is 0.242 e. The van der Waals surface area contributed by atoms with Crippen LogP contribution < -0.4 is 5.32 Å². The van der Waals surface area contributed by atoms with Crippen molar-refractivity contribution in [2.24, 2.45) is 0 Å². The Kier molecular flexibility index (Phi) is 5.64. The summed E-state index contributed by atoms with van der Waals surface area (Å²) in [6.07, 6.45) is 1.26. The van der Waals surface area contributed by atoms with Gasteiger partial charge in [-0.05, 0) is 25.5 Å². The number of ether oxygens (including phenoxy) is 1. The van der Waals surface area contributed by atoms with E-state index in [0.717, 1.165) is 0 Å². The fourth-order valence-corrected chi connectivity index (χ4v) is 3.58. The standard InChI is InChI=1S/C16H24N2O4S/c1-12-9-18(10-13(2)22-12)16(19)8-17-15-7-5-4-6-14(15)11-23(3,20)21/h4-7,12-13,17H,8-11H2,1-3H3. The SMILES string of the molecule is CC1CN(C(=O)CNc2ccccc2CS(C)(=O)=O)CC(C)O1. The van der Waals surface area contributed by atoms with Crippen molar-refractivity contribution >= 4 is 21.4 Å². The molecule has 2 unspecified atom stereocenters. The van der Waals surface area contributed by atoms with Crippen molar-refractivity contribution in [3.8, 4) is 0 Å². The highest BCUT2D eigenvalue weighted by molar-refractivity contribution is 7.89. The lowest BCUT2D eigenvalue weighted by Crippen LogP contribution is -2.49. The van der Waals surface area contributed by atoms with E-state index in [4.69, 9.17) is 4.74 Å². The van der Waals surface area contributed by atoms with E-state index in [0.29, 0.717) is 24.3 Å². The summed E-state index contributed by atoms with van der Waals surface area (Å²) < 4.78 is 28.6. The molecule has 1 heterocycles. The molecule has 6 nitrogen and oxygen atoms in total. The van der Waals surface area contributed by atoms with Crippen molar-refractivity contribution < 1.29 is 17.9 Å². The van der Waals surface area contributed by atoms with Crippen LogP contribution in [0.5, 0.6) is 0 Å². The largest absolute Gasteiger partial charge is 0.376 e. The summed E-state index contributed by atoms with van der Waals surface area (Å²) >= 11 is 0. The number of carbonyl (C=O) groups excluding carboxylic acids is 1. The first-order valence-electron chi connectivity index (χ1n) is 7.67. The van der Waals surface area contributed by atoms with Crippen molar-refractivity contribution in [1.29, 1.82) is 0 Å². The van der Waals surface area contributed by atoms with Gasteiger partial charge in [-0.3, -0.25) is 4.79 Å². The first-order valence-corrected chi connectivity index (χ1v) is 9.73. The van der Waals surface area contributed by atoms with Crippen molar-refractivity contribution in [1.82, 2.24) is 4.90 Å².